The predicted octanol–water partition coefficient (Wildman–Crippen LogP) is 5.81. The third-order valence-corrected chi connectivity index (χ3v) is 6.98. The van der Waals surface area contributed by atoms with E-state index in [4.69, 9.17) is 0 Å². The van der Waals surface area contributed by atoms with Gasteiger partial charge in [-0.25, -0.2) is 0 Å². The Hall–Kier alpha value is -3.15. The van der Waals surface area contributed by atoms with Gasteiger partial charge in [-0.05, 0) is 105 Å². The molecule has 182 valence electrons. The van der Waals surface area contributed by atoms with E-state index in [9.17, 15) is 9.59 Å². The number of carbonyl (C=O) groups is 2. The maximum atomic E-state index is 13.3. The highest BCUT2D eigenvalue weighted by atomic mass is 35.5. The summed E-state index contributed by atoms with van der Waals surface area (Å²) in [4.78, 5) is 27.9. The molecule has 0 unspecified atom stereocenters. The van der Waals surface area contributed by atoms with Crippen molar-refractivity contribution in [3.63, 3.8) is 0 Å². The zero-order chi connectivity index (χ0) is 23.3. The van der Waals surface area contributed by atoms with Gasteiger partial charge in [0, 0.05) is 29.0 Å². The van der Waals surface area contributed by atoms with Crippen LogP contribution in [-0.2, 0) is 6.42 Å². The standard InChI is InChI=1S/C29H31N3O2.ClH/c33-28(24-10-8-21(9-11-24)22-16-18-30-19-17-22)31-26-14-12-25(13-15-26)29(34)32-20-4-3-6-23-5-1-2-7-27(23)32;/h1-2,5,7-15,22,30H,3-4,6,16-20H2,(H,31,33);1H. The zero-order valence-corrected chi connectivity index (χ0v) is 20.7. The molecule has 0 aromatic heterocycles. The number of anilines is 2. The molecule has 0 spiro atoms. The number of halogens is 1. The predicted molar refractivity (Wildman–Crippen MR) is 144 cm³/mol. The lowest BCUT2D eigenvalue weighted by Gasteiger charge is -2.23. The minimum Gasteiger partial charge on any atom is -0.322 e. The van der Waals surface area contributed by atoms with Crippen LogP contribution in [0.3, 0.4) is 0 Å². The van der Waals surface area contributed by atoms with Gasteiger partial charge in [0.1, 0.15) is 0 Å². The van der Waals surface area contributed by atoms with E-state index in [0.29, 0.717) is 22.7 Å². The number of benzene rings is 3. The molecule has 2 aliphatic rings. The number of nitrogens with zero attached hydrogens (tertiary/aromatic N) is 1. The van der Waals surface area contributed by atoms with Gasteiger partial charge < -0.3 is 15.5 Å². The van der Waals surface area contributed by atoms with Crippen LogP contribution in [0.2, 0.25) is 0 Å². The highest BCUT2D eigenvalue weighted by Gasteiger charge is 2.22. The van der Waals surface area contributed by atoms with Crippen molar-refractivity contribution in [1.29, 1.82) is 0 Å². The summed E-state index contributed by atoms with van der Waals surface area (Å²) in [7, 11) is 0. The molecule has 1 saturated heterocycles. The molecular weight excluding hydrogens is 458 g/mol. The number of carbonyl (C=O) groups excluding carboxylic acids is 2. The topological polar surface area (TPSA) is 61.4 Å². The fourth-order valence-corrected chi connectivity index (χ4v) is 5.02. The first kappa shape index (κ1) is 25.0. The van der Waals surface area contributed by atoms with Gasteiger partial charge in [-0.3, -0.25) is 9.59 Å². The Morgan fingerprint density at radius 3 is 2.26 bits per heavy atom. The molecule has 5 rings (SSSR count). The molecule has 0 radical (unpaired) electrons. The Morgan fingerprint density at radius 2 is 1.51 bits per heavy atom. The van der Waals surface area contributed by atoms with Crippen LogP contribution in [0.5, 0.6) is 0 Å². The minimum absolute atomic E-state index is 0. The first-order valence-corrected chi connectivity index (χ1v) is 12.3. The lowest BCUT2D eigenvalue weighted by molar-refractivity contribution is 0.0985. The fraction of sp³-hybridized carbons (Fsp3) is 0.310. The number of rotatable bonds is 4. The fourth-order valence-electron chi connectivity index (χ4n) is 5.02. The van der Waals surface area contributed by atoms with Gasteiger partial charge in [0.25, 0.3) is 11.8 Å². The van der Waals surface area contributed by atoms with Crippen molar-refractivity contribution >= 4 is 35.6 Å². The maximum Gasteiger partial charge on any atom is 0.258 e. The van der Waals surface area contributed by atoms with Gasteiger partial charge in [0.05, 0.1) is 0 Å². The van der Waals surface area contributed by atoms with E-state index in [1.54, 1.807) is 24.3 Å². The van der Waals surface area contributed by atoms with Crippen LogP contribution in [0.15, 0.2) is 72.8 Å². The van der Waals surface area contributed by atoms with Gasteiger partial charge in [-0.1, -0.05) is 30.3 Å². The van der Waals surface area contributed by atoms with Crippen LogP contribution in [0, 0.1) is 0 Å². The summed E-state index contributed by atoms with van der Waals surface area (Å²) >= 11 is 0. The Morgan fingerprint density at radius 1 is 0.829 bits per heavy atom. The van der Waals surface area contributed by atoms with Gasteiger partial charge in [-0.2, -0.15) is 0 Å². The van der Waals surface area contributed by atoms with E-state index in [0.717, 1.165) is 57.4 Å². The van der Waals surface area contributed by atoms with E-state index in [-0.39, 0.29) is 24.2 Å². The van der Waals surface area contributed by atoms with Crippen LogP contribution >= 0.6 is 12.4 Å². The van der Waals surface area contributed by atoms with Crippen LogP contribution in [0.4, 0.5) is 11.4 Å². The summed E-state index contributed by atoms with van der Waals surface area (Å²) in [6.45, 7) is 2.83. The van der Waals surface area contributed by atoms with Crippen molar-refractivity contribution in [2.45, 2.75) is 38.0 Å². The maximum absolute atomic E-state index is 13.3. The van der Waals surface area contributed by atoms with E-state index in [1.165, 1.54) is 11.1 Å². The first-order chi connectivity index (χ1) is 16.7. The van der Waals surface area contributed by atoms with E-state index < -0.39 is 0 Å². The molecule has 0 atom stereocenters. The number of nitrogens with one attached hydrogen (secondary N) is 2. The molecule has 2 amide bonds. The van der Waals surface area contributed by atoms with Gasteiger partial charge >= 0.3 is 0 Å². The zero-order valence-electron chi connectivity index (χ0n) is 19.8. The van der Waals surface area contributed by atoms with Crippen molar-refractivity contribution in [2.24, 2.45) is 0 Å². The number of amides is 2. The third-order valence-electron chi connectivity index (χ3n) is 6.98. The minimum atomic E-state index is -0.141. The van der Waals surface area contributed by atoms with Gasteiger partial charge in [-0.15, -0.1) is 12.4 Å². The van der Waals surface area contributed by atoms with Crippen molar-refractivity contribution in [1.82, 2.24) is 5.32 Å². The summed E-state index contributed by atoms with van der Waals surface area (Å²) in [5, 5.41) is 6.34. The van der Waals surface area contributed by atoms with Crippen molar-refractivity contribution in [2.75, 3.05) is 29.9 Å². The second-order valence-corrected chi connectivity index (χ2v) is 9.22. The molecule has 1 fully saturated rings. The van der Waals surface area contributed by atoms with Gasteiger partial charge in [0.2, 0.25) is 0 Å². The van der Waals surface area contributed by atoms with Crippen LogP contribution < -0.4 is 15.5 Å². The number of aryl methyl sites for hydroxylation is 1. The molecule has 3 aromatic rings. The Kier molecular flexibility index (Phi) is 8.21. The summed E-state index contributed by atoms with van der Waals surface area (Å²) in [6, 6.07) is 23.3. The van der Waals surface area contributed by atoms with Crippen molar-refractivity contribution < 1.29 is 9.59 Å². The number of para-hydroxylation sites is 1. The van der Waals surface area contributed by atoms with E-state index in [2.05, 4.69) is 28.8 Å². The summed E-state index contributed by atoms with van der Waals surface area (Å²) in [5.41, 5.74) is 5.48. The molecule has 2 aliphatic heterocycles. The Bertz CT molecular complexity index is 1160. The number of hydrogen-bond donors (Lipinski definition) is 2. The summed E-state index contributed by atoms with van der Waals surface area (Å²) in [5.74, 6) is 0.428. The van der Waals surface area contributed by atoms with E-state index >= 15 is 0 Å². The normalized spacial score (nSPS) is 15.9. The average molecular weight is 490 g/mol. The first-order valence-electron chi connectivity index (χ1n) is 12.3. The summed E-state index contributed by atoms with van der Waals surface area (Å²) < 4.78 is 0. The Labute approximate surface area is 213 Å². The number of hydrogen-bond acceptors (Lipinski definition) is 3. The van der Waals surface area contributed by atoms with Crippen LogP contribution in [0.25, 0.3) is 0 Å². The molecule has 2 N–H and O–H groups in total. The second-order valence-electron chi connectivity index (χ2n) is 9.22. The summed E-state index contributed by atoms with van der Waals surface area (Å²) in [6.07, 6.45) is 5.36. The smallest absolute Gasteiger partial charge is 0.258 e. The average Bonchev–Trinajstić information content (AvgIpc) is 3.12. The molecule has 5 nitrogen and oxygen atoms in total. The van der Waals surface area contributed by atoms with E-state index in [1.807, 2.05) is 35.2 Å². The van der Waals surface area contributed by atoms with Crippen LogP contribution in [-0.4, -0.2) is 31.4 Å². The third kappa shape index (κ3) is 5.75. The van der Waals surface area contributed by atoms with Crippen molar-refractivity contribution in [3.8, 4) is 0 Å². The Balaban J connectivity index is 0.00000289. The SMILES string of the molecule is Cl.O=C(Nc1ccc(C(=O)N2CCCCc3ccccc32)cc1)c1ccc(C2CCNCC2)cc1. The van der Waals surface area contributed by atoms with Crippen LogP contribution in [0.1, 0.15) is 63.4 Å². The lowest BCUT2D eigenvalue weighted by Crippen LogP contribution is -2.31. The van der Waals surface area contributed by atoms with Gasteiger partial charge in [0.15, 0.2) is 0 Å². The quantitative estimate of drug-likeness (QED) is 0.486. The molecule has 35 heavy (non-hydrogen) atoms. The largest absolute Gasteiger partial charge is 0.322 e. The molecule has 0 bridgehead atoms. The number of fused-ring (bicyclic) bond motifs is 1. The number of piperidine rings is 1. The highest BCUT2D eigenvalue weighted by Crippen LogP contribution is 2.28. The monoisotopic (exact) mass is 489 g/mol. The highest BCUT2D eigenvalue weighted by molar-refractivity contribution is 6.07. The molecule has 0 aliphatic carbocycles. The molecule has 2 heterocycles. The lowest BCUT2D eigenvalue weighted by atomic mass is 9.90. The molecule has 3 aromatic carbocycles. The molecular formula is C29H32ClN3O2. The second kappa shape index (κ2) is 11.5. The molecule has 6 heteroatoms. The van der Waals surface area contributed by atoms with Crippen molar-refractivity contribution in [3.05, 3.63) is 95.1 Å². The molecule has 0 saturated carbocycles.